The van der Waals surface area contributed by atoms with Gasteiger partial charge in [-0.3, -0.25) is 4.79 Å². The third-order valence-electron chi connectivity index (χ3n) is 3.95. The van der Waals surface area contributed by atoms with Crippen LogP contribution in [0.3, 0.4) is 0 Å². The second-order valence-corrected chi connectivity index (χ2v) is 5.55. The Kier molecular flexibility index (Phi) is 5.44. The van der Waals surface area contributed by atoms with E-state index < -0.39 is 0 Å². The molecule has 0 heterocycles. The average Bonchev–Trinajstić information content (AvgIpc) is 2.93. The van der Waals surface area contributed by atoms with Crippen LogP contribution in [0.2, 0.25) is 0 Å². The van der Waals surface area contributed by atoms with Gasteiger partial charge < -0.3 is 20.1 Å². The van der Waals surface area contributed by atoms with Crippen molar-refractivity contribution in [2.45, 2.75) is 25.3 Å². The van der Waals surface area contributed by atoms with Gasteiger partial charge in [-0.2, -0.15) is 0 Å². The standard InChI is InChI=1S/C16H24N2O3/c1-18(16(19)12-3-4-13(17)11-12)9-10-21-15-7-5-14(20-2)6-8-15/h5-8,12-13H,3-4,9-11,17H2,1-2H3/t12-,13-/m0/s1. The molecule has 5 heteroatoms. The fourth-order valence-electron chi connectivity index (χ4n) is 2.63. The molecule has 1 saturated carbocycles. The maximum absolute atomic E-state index is 12.2. The molecule has 2 atom stereocenters. The van der Waals surface area contributed by atoms with E-state index in [1.165, 1.54) is 0 Å². The highest BCUT2D eigenvalue weighted by Gasteiger charge is 2.29. The van der Waals surface area contributed by atoms with Crippen LogP contribution in [-0.2, 0) is 4.79 Å². The van der Waals surface area contributed by atoms with Crippen molar-refractivity contribution in [2.24, 2.45) is 11.7 Å². The van der Waals surface area contributed by atoms with Crippen molar-refractivity contribution in [3.05, 3.63) is 24.3 Å². The Morgan fingerprint density at radius 3 is 2.52 bits per heavy atom. The first-order valence-corrected chi connectivity index (χ1v) is 7.37. The molecule has 1 aliphatic rings. The Morgan fingerprint density at radius 2 is 1.95 bits per heavy atom. The lowest BCUT2D eigenvalue weighted by Crippen LogP contribution is -2.35. The van der Waals surface area contributed by atoms with Crippen molar-refractivity contribution in [1.82, 2.24) is 4.90 Å². The number of methoxy groups -OCH3 is 1. The van der Waals surface area contributed by atoms with Gasteiger partial charge in [0, 0.05) is 19.0 Å². The quantitative estimate of drug-likeness (QED) is 0.866. The summed E-state index contributed by atoms with van der Waals surface area (Å²) in [5.41, 5.74) is 5.86. The maximum Gasteiger partial charge on any atom is 0.225 e. The van der Waals surface area contributed by atoms with E-state index >= 15 is 0 Å². The van der Waals surface area contributed by atoms with Crippen molar-refractivity contribution in [3.8, 4) is 11.5 Å². The Morgan fingerprint density at radius 1 is 1.29 bits per heavy atom. The van der Waals surface area contributed by atoms with E-state index in [1.807, 2.05) is 31.3 Å². The number of rotatable bonds is 6. The second-order valence-electron chi connectivity index (χ2n) is 5.55. The van der Waals surface area contributed by atoms with Gasteiger partial charge in [0.15, 0.2) is 0 Å². The second kappa shape index (κ2) is 7.31. The molecule has 0 radical (unpaired) electrons. The number of hydrogen-bond acceptors (Lipinski definition) is 4. The molecule has 0 saturated heterocycles. The topological polar surface area (TPSA) is 64.8 Å². The fourth-order valence-corrected chi connectivity index (χ4v) is 2.63. The van der Waals surface area contributed by atoms with E-state index in [0.717, 1.165) is 30.8 Å². The minimum Gasteiger partial charge on any atom is -0.497 e. The Hall–Kier alpha value is -1.75. The van der Waals surface area contributed by atoms with Crippen molar-refractivity contribution in [2.75, 3.05) is 27.3 Å². The third kappa shape index (κ3) is 4.36. The molecule has 0 bridgehead atoms. The molecule has 0 unspecified atom stereocenters. The number of carbonyl (C=O) groups excluding carboxylic acids is 1. The predicted molar refractivity (Wildman–Crippen MR) is 81.4 cm³/mol. The first kappa shape index (κ1) is 15.6. The van der Waals surface area contributed by atoms with E-state index in [9.17, 15) is 4.79 Å². The van der Waals surface area contributed by atoms with Crippen LogP contribution >= 0.6 is 0 Å². The van der Waals surface area contributed by atoms with E-state index in [1.54, 1.807) is 12.0 Å². The Bertz CT molecular complexity index is 461. The summed E-state index contributed by atoms with van der Waals surface area (Å²) in [6.45, 7) is 1.06. The molecule has 1 aromatic rings. The number of ether oxygens (including phenoxy) is 2. The molecular weight excluding hydrogens is 268 g/mol. The molecule has 0 aromatic heterocycles. The molecule has 1 aromatic carbocycles. The summed E-state index contributed by atoms with van der Waals surface area (Å²) in [5, 5.41) is 0. The summed E-state index contributed by atoms with van der Waals surface area (Å²) in [7, 11) is 3.45. The number of carbonyl (C=O) groups is 1. The van der Waals surface area contributed by atoms with Gasteiger partial charge in [-0.05, 0) is 43.5 Å². The summed E-state index contributed by atoms with van der Waals surface area (Å²) < 4.78 is 10.7. The molecule has 1 aliphatic carbocycles. The number of nitrogens with two attached hydrogens (primary N) is 1. The highest BCUT2D eigenvalue weighted by Crippen LogP contribution is 2.25. The molecular formula is C16H24N2O3. The summed E-state index contributed by atoms with van der Waals surface area (Å²) in [4.78, 5) is 14.0. The van der Waals surface area contributed by atoms with Crippen molar-refractivity contribution in [1.29, 1.82) is 0 Å². The minimum atomic E-state index is 0.0889. The number of likely N-dealkylation sites (N-methyl/N-ethyl adjacent to an activating group) is 1. The van der Waals surface area contributed by atoms with Crippen molar-refractivity contribution >= 4 is 5.91 Å². The van der Waals surface area contributed by atoms with Crippen LogP contribution in [0.25, 0.3) is 0 Å². The maximum atomic E-state index is 12.2. The molecule has 0 spiro atoms. The highest BCUT2D eigenvalue weighted by molar-refractivity contribution is 5.78. The third-order valence-corrected chi connectivity index (χ3v) is 3.95. The number of amides is 1. The van der Waals surface area contributed by atoms with Gasteiger partial charge in [0.05, 0.1) is 13.7 Å². The molecule has 2 rings (SSSR count). The van der Waals surface area contributed by atoms with Crippen molar-refractivity contribution < 1.29 is 14.3 Å². The number of benzene rings is 1. The lowest BCUT2D eigenvalue weighted by atomic mass is 10.1. The van der Waals surface area contributed by atoms with E-state index in [4.69, 9.17) is 15.2 Å². The zero-order valence-corrected chi connectivity index (χ0v) is 12.7. The summed E-state index contributed by atoms with van der Waals surface area (Å²) in [6, 6.07) is 7.60. The normalized spacial score (nSPS) is 21.1. The van der Waals surface area contributed by atoms with Crippen molar-refractivity contribution in [3.63, 3.8) is 0 Å². The van der Waals surface area contributed by atoms with Crippen LogP contribution in [0, 0.1) is 5.92 Å². The van der Waals surface area contributed by atoms with Gasteiger partial charge in [-0.1, -0.05) is 0 Å². The number of hydrogen-bond donors (Lipinski definition) is 1. The first-order valence-electron chi connectivity index (χ1n) is 7.37. The van der Waals surface area contributed by atoms with E-state index in [0.29, 0.717) is 13.2 Å². The molecule has 21 heavy (non-hydrogen) atoms. The number of nitrogens with zero attached hydrogens (tertiary/aromatic N) is 1. The largest absolute Gasteiger partial charge is 0.497 e. The fraction of sp³-hybridized carbons (Fsp3) is 0.562. The first-order chi connectivity index (χ1) is 10.1. The SMILES string of the molecule is COc1ccc(OCCN(C)C(=O)[C@H]2CC[C@H](N)C2)cc1. The summed E-state index contributed by atoms with van der Waals surface area (Å²) in [6.07, 6.45) is 2.67. The summed E-state index contributed by atoms with van der Waals surface area (Å²) >= 11 is 0. The molecule has 2 N–H and O–H groups in total. The van der Waals surface area contributed by atoms with Crippen LogP contribution in [0.5, 0.6) is 11.5 Å². The van der Waals surface area contributed by atoms with Crippen LogP contribution in [0.1, 0.15) is 19.3 Å². The van der Waals surface area contributed by atoms with Crippen LogP contribution < -0.4 is 15.2 Å². The van der Waals surface area contributed by atoms with Gasteiger partial charge in [0.2, 0.25) is 5.91 Å². The zero-order valence-electron chi connectivity index (χ0n) is 12.7. The van der Waals surface area contributed by atoms with Gasteiger partial charge in [-0.15, -0.1) is 0 Å². The molecule has 1 amide bonds. The van der Waals surface area contributed by atoms with Gasteiger partial charge in [-0.25, -0.2) is 0 Å². The monoisotopic (exact) mass is 292 g/mol. The lowest BCUT2D eigenvalue weighted by molar-refractivity contribution is -0.134. The zero-order chi connectivity index (χ0) is 15.2. The molecule has 116 valence electrons. The Balaban J connectivity index is 1.73. The van der Waals surface area contributed by atoms with E-state index in [-0.39, 0.29) is 17.9 Å². The molecule has 5 nitrogen and oxygen atoms in total. The minimum absolute atomic E-state index is 0.0889. The van der Waals surface area contributed by atoms with Gasteiger partial charge in [0.25, 0.3) is 0 Å². The van der Waals surface area contributed by atoms with Gasteiger partial charge >= 0.3 is 0 Å². The van der Waals surface area contributed by atoms with Gasteiger partial charge in [0.1, 0.15) is 18.1 Å². The smallest absolute Gasteiger partial charge is 0.225 e. The van der Waals surface area contributed by atoms with Crippen LogP contribution in [0.4, 0.5) is 0 Å². The lowest BCUT2D eigenvalue weighted by Gasteiger charge is -2.21. The molecule has 0 aliphatic heterocycles. The predicted octanol–water partition coefficient (Wildman–Crippen LogP) is 1.66. The average molecular weight is 292 g/mol. The highest BCUT2D eigenvalue weighted by atomic mass is 16.5. The summed E-state index contributed by atoms with van der Waals surface area (Å²) in [5.74, 6) is 1.85. The molecule has 1 fully saturated rings. The van der Waals surface area contributed by atoms with E-state index in [2.05, 4.69) is 0 Å². The van der Waals surface area contributed by atoms with Crippen LogP contribution in [-0.4, -0.2) is 44.2 Å². The Labute approximate surface area is 126 Å². The van der Waals surface area contributed by atoms with Crippen LogP contribution in [0.15, 0.2) is 24.3 Å².